The number of benzene rings is 2. The van der Waals surface area contributed by atoms with Gasteiger partial charge in [0.05, 0.1) is 18.7 Å². The molecule has 7 heteroatoms. The minimum Gasteiger partial charge on any atom is -0.495 e. The predicted octanol–water partition coefficient (Wildman–Crippen LogP) is 4.30. The summed E-state index contributed by atoms with van der Waals surface area (Å²) in [5.74, 6) is -0.292. The van der Waals surface area contributed by atoms with Crippen molar-refractivity contribution < 1.29 is 14.3 Å². The highest BCUT2D eigenvalue weighted by Gasteiger charge is 2.36. The zero-order chi connectivity index (χ0) is 18.8. The van der Waals surface area contributed by atoms with Crippen LogP contribution in [0.15, 0.2) is 36.4 Å². The van der Waals surface area contributed by atoms with Crippen LogP contribution in [0.2, 0.25) is 10.0 Å². The number of carbonyl (C=O) groups excluding carboxylic acids is 2. The summed E-state index contributed by atoms with van der Waals surface area (Å²) in [5.41, 5.74) is 2.12. The van der Waals surface area contributed by atoms with Gasteiger partial charge in [-0.1, -0.05) is 29.3 Å². The molecule has 0 saturated carbocycles. The molecule has 2 amide bonds. The van der Waals surface area contributed by atoms with Gasteiger partial charge in [-0.2, -0.15) is 0 Å². The van der Waals surface area contributed by atoms with E-state index in [2.05, 4.69) is 5.32 Å². The maximum atomic E-state index is 12.6. The standard InChI is InChI=1S/C19H18Cl2N2O3/c1-11-3-4-13(20)8-15(11)22-19(25)12-7-18(24)23(10-12)16-9-14(21)5-6-17(16)26-2/h3-6,8-9,12H,7,10H2,1-2H3,(H,22,25)/t12-/m0/s1. The molecule has 26 heavy (non-hydrogen) atoms. The Balaban J connectivity index is 1.78. The summed E-state index contributed by atoms with van der Waals surface area (Å²) in [4.78, 5) is 26.6. The molecule has 1 saturated heterocycles. The molecule has 1 aliphatic heterocycles. The van der Waals surface area contributed by atoms with E-state index >= 15 is 0 Å². The second-order valence-corrected chi connectivity index (χ2v) is 7.04. The van der Waals surface area contributed by atoms with Gasteiger partial charge in [0.25, 0.3) is 0 Å². The number of anilines is 2. The van der Waals surface area contributed by atoms with Gasteiger partial charge in [-0.15, -0.1) is 0 Å². The van der Waals surface area contributed by atoms with Crippen molar-refractivity contribution in [1.82, 2.24) is 0 Å². The fourth-order valence-electron chi connectivity index (χ4n) is 2.95. The van der Waals surface area contributed by atoms with Gasteiger partial charge in [-0.05, 0) is 42.8 Å². The molecule has 3 rings (SSSR count). The highest BCUT2D eigenvalue weighted by molar-refractivity contribution is 6.31. The fourth-order valence-corrected chi connectivity index (χ4v) is 3.29. The number of methoxy groups -OCH3 is 1. The Hall–Kier alpha value is -2.24. The number of nitrogens with one attached hydrogen (secondary N) is 1. The van der Waals surface area contributed by atoms with Crippen molar-refractivity contribution in [3.63, 3.8) is 0 Å². The van der Waals surface area contributed by atoms with Gasteiger partial charge in [-0.25, -0.2) is 0 Å². The molecule has 5 nitrogen and oxygen atoms in total. The second-order valence-electron chi connectivity index (χ2n) is 6.17. The van der Waals surface area contributed by atoms with Gasteiger partial charge in [0.1, 0.15) is 5.75 Å². The van der Waals surface area contributed by atoms with Gasteiger partial charge < -0.3 is 15.0 Å². The maximum Gasteiger partial charge on any atom is 0.229 e. The van der Waals surface area contributed by atoms with Crippen LogP contribution in [0.4, 0.5) is 11.4 Å². The highest BCUT2D eigenvalue weighted by atomic mass is 35.5. The van der Waals surface area contributed by atoms with Crippen molar-refractivity contribution in [2.45, 2.75) is 13.3 Å². The Kier molecular flexibility index (Phi) is 5.39. The van der Waals surface area contributed by atoms with Gasteiger partial charge in [0.15, 0.2) is 0 Å². The number of aryl methyl sites for hydroxylation is 1. The number of carbonyl (C=O) groups is 2. The molecule has 1 fully saturated rings. The SMILES string of the molecule is COc1ccc(Cl)cc1N1C[C@@H](C(=O)Nc2cc(Cl)ccc2C)CC1=O. The summed E-state index contributed by atoms with van der Waals surface area (Å²) in [6.07, 6.45) is 0.126. The van der Waals surface area contributed by atoms with E-state index in [1.54, 1.807) is 35.2 Å². The summed E-state index contributed by atoms with van der Waals surface area (Å²) < 4.78 is 5.31. The average molecular weight is 393 g/mol. The Morgan fingerprint density at radius 3 is 2.62 bits per heavy atom. The molecule has 0 unspecified atom stereocenters. The first-order valence-electron chi connectivity index (χ1n) is 8.10. The number of rotatable bonds is 4. The molecule has 2 aromatic rings. The highest BCUT2D eigenvalue weighted by Crippen LogP contribution is 2.35. The summed E-state index contributed by atoms with van der Waals surface area (Å²) in [7, 11) is 1.53. The normalized spacial score (nSPS) is 16.7. The molecule has 1 heterocycles. The van der Waals surface area contributed by atoms with Gasteiger partial charge in [-0.3, -0.25) is 9.59 Å². The topological polar surface area (TPSA) is 58.6 Å². The Bertz CT molecular complexity index is 870. The zero-order valence-corrected chi connectivity index (χ0v) is 15.9. The van der Waals surface area contributed by atoms with Crippen molar-refractivity contribution in [2.75, 3.05) is 23.9 Å². The first-order valence-corrected chi connectivity index (χ1v) is 8.85. The van der Waals surface area contributed by atoms with Crippen LogP contribution >= 0.6 is 23.2 Å². The third kappa shape index (κ3) is 3.79. The third-order valence-electron chi connectivity index (χ3n) is 4.39. The van der Waals surface area contributed by atoms with Gasteiger partial charge >= 0.3 is 0 Å². The van der Waals surface area contributed by atoms with E-state index in [9.17, 15) is 9.59 Å². The largest absolute Gasteiger partial charge is 0.495 e. The van der Waals surface area contributed by atoms with Crippen LogP contribution in [0, 0.1) is 12.8 Å². The first-order chi connectivity index (χ1) is 12.4. The Morgan fingerprint density at radius 1 is 1.19 bits per heavy atom. The van der Waals surface area contributed by atoms with E-state index in [1.165, 1.54) is 7.11 Å². The molecule has 0 bridgehead atoms. The van der Waals surface area contributed by atoms with E-state index in [-0.39, 0.29) is 24.8 Å². The monoisotopic (exact) mass is 392 g/mol. The van der Waals surface area contributed by atoms with Crippen molar-refractivity contribution in [2.24, 2.45) is 5.92 Å². The quantitative estimate of drug-likeness (QED) is 0.843. The second kappa shape index (κ2) is 7.56. The molecule has 0 radical (unpaired) electrons. The number of nitrogens with zero attached hydrogens (tertiary/aromatic N) is 1. The molecule has 0 aromatic heterocycles. The molecular formula is C19H18Cl2N2O3. The number of hydrogen-bond donors (Lipinski definition) is 1. The summed E-state index contributed by atoms with van der Waals surface area (Å²) in [5, 5.41) is 3.90. The summed E-state index contributed by atoms with van der Waals surface area (Å²) in [6.45, 7) is 2.15. The minimum absolute atomic E-state index is 0.126. The number of hydrogen-bond acceptors (Lipinski definition) is 3. The van der Waals surface area contributed by atoms with Gasteiger partial charge in [0.2, 0.25) is 11.8 Å². The molecular weight excluding hydrogens is 375 g/mol. The molecule has 136 valence electrons. The van der Waals surface area contributed by atoms with Crippen LogP contribution in [-0.2, 0) is 9.59 Å². The van der Waals surface area contributed by atoms with Crippen LogP contribution < -0.4 is 15.0 Å². The Morgan fingerprint density at radius 2 is 1.88 bits per heavy atom. The molecule has 0 aliphatic carbocycles. The predicted molar refractivity (Wildman–Crippen MR) is 103 cm³/mol. The van der Waals surface area contributed by atoms with Crippen LogP contribution in [0.3, 0.4) is 0 Å². The van der Waals surface area contributed by atoms with Crippen LogP contribution in [-0.4, -0.2) is 25.5 Å². The van der Waals surface area contributed by atoms with Crippen molar-refractivity contribution in [1.29, 1.82) is 0 Å². The van der Waals surface area contributed by atoms with Crippen molar-refractivity contribution >= 4 is 46.4 Å². The smallest absolute Gasteiger partial charge is 0.229 e. The van der Waals surface area contributed by atoms with E-state index < -0.39 is 5.92 Å². The lowest BCUT2D eigenvalue weighted by molar-refractivity contribution is -0.122. The van der Waals surface area contributed by atoms with E-state index in [1.807, 2.05) is 13.0 Å². The van der Waals surface area contributed by atoms with Crippen LogP contribution in [0.5, 0.6) is 5.75 Å². The minimum atomic E-state index is -0.468. The van der Waals surface area contributed by atoms with Crippen LogP contribution in [0.25, 0.3) is 0 Å². The van der Waals surface area contributed by atoms with Crippen molar-refractivity contribution in [3.8, 4) is 5.75 Å². The molecule has 2 aromatic carbocycles. The number of halogens is 2. The molecule has 1 N–H and O–H groups in total. The molecule has 0 spiro atoms. The summed E-state index contributed by atoms with van der Waals surface area (Å²) >= 11 is 12.0. The molecule has 1 atom stereocenters. The average Bonchev–Trinajstić information content (AvgIpc) is 3.00. The lowest BCUT2D eigenvalue weighted by atomic mass is 10.1. The Labute approximate surface area is 161 Å². The maximum absolute atomic E-state index is 12.6. The zero-order valence-electron chi connectivity index (χ0n) is 14.4. The van der Waals surface area contributed by atoms with E-state index in [4.69, 9.17) is 27.9 Å². The number of ether oxygens (including phenoxy) is 1. The van der Waals surface area contributed by atoms with Crippen LogP contribution in [0.1, 0.15) is 12.0 Å². The van der Waals surface area contributed by atoms with E-state index in [0.29, 0.717) is 27.2 Å². The third-order valence-corrected chi connectivity index (χ3v) is 4.86. The molecule has 1 aliphatic rings. The van der Waals surface area contributed by atoms with E-state index in [0.717, 1.165) is 5.56 Å². The lowest BCUT2D eigenvalue weighted by Gasteiger charge is -2.20. The lowest BCUT2D eigenvalue weighted by Crippen LogP contribution is -2.28. The van der Waals surface area contributed by atoms with Crippen molar-refractivity contribution in [3.05, 3.63) is 52.0 Å². The fraction of sp³-hybridized carbons (Fsp3) is 0.263. The van der Waals surface area contributed by atoms with Gasteiger partial charge in [0, 0.05) is 28.7 Å². The number of amides is 2. The first kappa shape index (κ1) is 18.5. The summed E-state index contributed by atoms with van der Waals surface area (Å²) in [6, 6.07) is 10.4.